The third kappa shape index (κ3) is 6.17. The van der Waals surface area contributed by atoms with Crippen molar-refractivity contribution in [1.29, 1.82) is 0 Å². The van der Waals surface area contributed by atoms with Crippen molar-refractivity contribution >= 4 is 0 Å². The van der Waals surface area contributed by atoms with Crippen molar-refractivity contribution in [3.8, 4) is 0 Å². The zero-order chi connectivity index (χ0) is 9.23. The quantitative estimate of drug-likeness (QED) is 0.399. The van der Waals surface area contributed by atoms with E-state index in [2.05, 4.69) is 20.1 Å². The van der Waals surface area contributed by atoms with Crippen molar-refractivity contribution in [2.45, 2.75) is 38.7 Å². The Morgan fingerprint density at radius 1 is 1.42 bits per heavy atom. The molecule has 1 atom stereocenters. The van der Waals surface area contributed by atoms with Crippen LogP contribution in [0.4, 0.5) is 0 Å². The molecule has 0 aromatic heterocycles. The van der Waals surface area contributed by atoms with E-state index in [1.807, 2.05) is 12.2 Å². The highest BCUT2D eigenvalue weighted by molar-refractivity contribution is 4.80. The molecule has 12 heavy (non-hydrogen) atoms. The second kappa shape index (κ2) is 8.54. The van der Waals surface area contributed by atoms with Gasteiger partial charge in [0.2, 0.25) is 0 Å². The first-order valence-corrected chi connectivity index (χ1v) is 4.70. The van der Waals surface area contributed by atoms with Crippen molar-refractivity contribution in [3.05, 3.63) is 25.3 Å². The largest absolute Gasteiger partial charge is 0.374 e. The molecule has 0 amide bonds. The fraction of sp³-hybridized carbons (Fsp3) is 0.636. The Kier molecular flexibility index (Phi) is 8.14. The molecule has 0 aromatic rings. The van der Waals surface area contributed by atoms with Gasteiger partial charge in [0, 0.05) is 6.61 Å². The van der Waals surface area contributed by atoms with Gasteiger partial charge in [0.1, 0.15) is 0 Å². The van der Waals surface area contributed by atoms with E-state index in [1.54, 1.807) is 0 Å². The van der Waals surface area contributed by atoms with Gasteiger partial charge in [-0.05, 0) is 25.7 Å². The van der Waals surface area contributed by atoms with E-state index in [-0.39, 0.29) is 6.10 Å². The van der Waals surface area contributed by atoms with Crippen molar-refractivity contribution in [2.75, 3.05) is 6.61 Å². The fourth-order valence-corrected chi connectivity index (χ4v) is 1.00. The topological polar surface area (TPSA) is 9.23 Å². The minimum absolute atomic E-state index is 0.241. The molecule has 0 N–H and O–H groups in total. The molecule has 1 heteroatoms. The van der Waals surface area contributed by atoms with Crippen molar-refractivity contribution in [2.24, 2.45) is 0 Å². The van der Waals surface area contributed by atoms with Gasteiger partial charge in [-0.2, -0.15) is 0 Å². The van der Waals surface area contributed by atoms with Gasteiger partial charge in [0.05, 0.1) is 6.10 Å². The van der Waals surface area contributed by atoms with E-state index < -0.39 is 0 Å². The lowest BCUT2D eigenvalue weighted by atomic mass is 10.1. The van der Waals surface area contributed by atoms with Crippen LogP contribution in [-0.2, 0) is 4.74 Å². The molecule has 0 radical (unpaired) electrons. The molecule has 0 spiro atoms. The van der Waals surface area contributed by atoms with Crippen molar-refractivity contribution < 1.29 is 4.74 Å². The van der Waals surface area contributed by atoms with Gasteiger partial charge >= 0.3 is 0 Å². The molecule has 1 unspecified atom stereocenters. The van der Waals surface area contributed by atoms with Crippen LogP contribution >= 0.6 is 0 Å². The van der Waals surface area contributed by atoms with Crippen molar-refractivity contribution in [1.82, 2.24) is 0 Å². The Morgan fingerprint density at radius 2 is 2.17 bits per heavy atom. The second-order valence-corrected chi connectivity index (χ2v) is 2.86. The fourth-order valence-electron chi connectivity index (χ4n) is 1.00. The van der Waals surface area contributed by atoms with Crippen molar-refractivity contribution in [3.63, 3.8) is 0 Å². The van der Waals surface area contributed by atoms with Gasteiger partial charge in [-0.25, -0.2) is 0 Å². The Bertz CT molecular complexity index is 118. The van der Waals surface area contributed by atoms with Gasteiger partial charge < -0.3 is 4.74 Å². The van der Waals surface area contributed by atoms with E-state index in [0.717, 1.165) is 32.3 Å². The number of ether oxygens (including phenoxy) is 1. The molecule has 0 rings (SSSR count). The molecule has 0 aliphatic carbocycles. The van der Waals surface area contributed by atoms with Crippen LogP contribution in [0.1, 0.15) is 32.6 Å². The van der Waals surface area contributed by atoms with E-state index in [4.69, 9.17) is 4.74 Å². The van der Waals surface area contributed by atoms with Crippen LogP contribution in [0.3, 0.4) is 0 Å². The van der Waals surface area contributed by atoms with Gasteiger partial charge in [0.15, 0.2) is 0 Å². The number of rotatable bonds is 8. The van der Waals surface area contributed by atoms with Crippen LogP contribution in [0.25, 0.3) is 0 Å². The Balaban J connectivity index is 3.38. The molecular formula is C11H20O. The predicted molar refractivity (Wildman–Crippen MR) is 54.3 cm³/mol. The molecule has 0 saturated heterocycles. The Morgan fingerprint density at radius 3 is 2.67 bits per heavy atom. The molecule has 0 fully saturated rings. The third-order valence-electron chi connectivity index (χ3n) is 1.70. The third-order valence-corrected chi connectivity index (χ3v) is 1.70. The summed E-state index contributed by atoms with van der Waals surface area (Å²) in [6.45, 7) is 10.4. The molecular weight excluding hydrogens is 148 g/mol. The molecule has 0 aromatic carbocycles. The Labute approximate surface area is 76.1 Å². The summed E-state index contributed by atoms with van der Waals surface area (Å²) in [5.74, 6) is 0. The van der Waals surface area contributed by atoms with Gasteiger partial charge in [-0.3, -0.25) is 0 Å². The predicted octanol–water partition coefficient (Wildman–Crippen LogP) is 3.32. The van der Waals surface area contributed by atoms with Gasteiger partial charge in [-0.1, -0.05) is 19.1 Å². The number of unbranched alkanes of at least 4 members (excludes halogenated alkanes) is 1. The maximum atomic E-state index is 5.53. The minimum Gasteiger partial charge on any atom is -0.374 e. The lowest BCUT2D eigenvalue weighted by Gasteiger charge is -2.12. The molecule has 0 saturated carbocycles. The summed E-state index contributed by atoms with van der Waals surface area (Å²) in [6.07, 6.45) is 8.42. The summed E-state index contributed by atoms with van der Waals surface area (Å²) in [7, 11) is 0. The van der Waals surface area contributed by atoms with E-state index in [0.29, 0.717) is 0 Å². The van der Waals surface area contributed by atoms with Crippen LogP contribution in [-0.4, -0.2) is 12.7 Å². The van der Waals surface area contributed by atoms with Crippen LogP contribution in [0, 0.1) is 0 Å². The number of hydrogen-bond donors (Lipinski definition) is 0. The normalized spacial score (nSPS) is 12.4. The first-order chi connectivity index (χ1) is 5.85. The standard InChI is InChI=1S/C11H20O/c1-4-7-8-9-11(6-3)12-10-5-2/h4,6,11H,1,3,5,7-10H2,2H3. The van der Waals surface area contributed by atoms with Crippen LogP contribution < -0.4 is 0 Å². The smallest absolute Gasteiger partial charge is 0.0753 e. The lowest BCUT2D eigenvalue weighted by Crippen LogP contribution is -2.09. The van der Waals surface area contributed by atoms with Crippen LogP contribution in [0.15, 0.2) is 25.3 Å². The number of allylic oxidation sites excluding steroid dienone is 1. The highest BCUT2D eigenvalue weighted by atomic mass is 16.5. The highest BCUT2D eigenvalue weighted by Gasteiger charge is 2.01. The summed E-state index contributed by atoms with van der Waals surface area (Å²) in [5.41, 5.74) is 0. The zero-order valence-electron chi connectivity index (χ0n) is 8.09. The summed E-state index contributed by atoms with van der Waals surface area (Å²) in [6, 6.07) is 0. The van der Waals surface area contributed by atoms with E-state index in [1.165, 1.54) is 0 Å². The molecule has 0 aliphatic rings. The maximum absolute atomic E-state index is 5.53. The van der Waals surface area contributed by atoms with Gasteiger partial charge in [0.25, 0.3) is 0 Å². The SMILES string of the molecule is C=CCCCC(C=C)OCCC. The van der Waals surface area contributed by atoms with Crippen LogP contribution in [0.5, 0.6) is 0 Å². The number of hydrogen-bond acceptors (Lipinski definition) is 1. The lowest BCUT2D eigenvalue weighted by molar-refractivity contribution is 0.0790. The average Bonchev–Trinajstić information content (AvgIpc) is 2.11. The minimum atomic E-state index is 0.241. The molecule has 0 bridgehead atoms. The van der Waals surface area contributed by atoms with E-state index in [9.17, 15) is 0 Å². The first-order valence-electron chi connectivity index (χ1n) is 4.70. The summed E-state index contributed by atoms with van der Waals surface area (Å²) >= 11 is 0. The summed E-state index contributed by atoms with van der Waals surface area (Å²) < 4.78 is 5.53. The summed E-state index contributed by atoms with van der Waals surface area (Å²) in [5, 5.41) is 0. The second-order valence-electron chi connectivity index (χ2n) is 2.86. The molecule has 70 valence electrons. The molecule has 1 nitrogen and oxygen atoms in total. The molecule has 0 heterocycles. The monoisotopic (exact) mass is 168 g/mol. The van der Waals surface area contributed by atoms with Crippen LogP contribution in [0.2, 0.25) is 0 Å². The highest BCUT2D eigenvalue weighted by Crippen LogP contribution is 2.06. The first kappa shape index (κ1) is 11.4. The Hall–Kier alpha value is -0.560. The maximum Gasteiger partial charge on any atom is 0.0753 e. The van der Waals surface area contributed by atoms with E-state index >= 15 is 0 Å². The van der Waals surface area contributed by atoms with Gasteiger partial charge in [-0.15, -0.1) is 13.2 Å². The average molecular weight is 168 g/mol. The summed E-state index contributed by atoms with van der Waals surface area (Å²) in [4.78, 5) is 0. The zero-order valence-corrected chi connectivity index (χ0v) is 8.09. The molecule has 0 aliphatic heterocycles.